The van der Waals surface area contributed by atoms with Gasteiger partial charge in [-0.25, -0.2) is 0 Å². The molecule has 2 heteroatoms. The first-order chi connectivity index (χ1) is 7.56. The van der Waals surface area contributed by atoms with E-state index < -0.39 is 0 Å². The van der Waals surface area contributed by atoms with Crippen LogP contribution in [0.4, 0.5) is 5.69 Å². The third-order valence-electron chi connectivity index (χ3n) is 4.16. The summed E-state index contributed by atoms with van der Waals surface area (Å²) in [7, 11) is 0. The predicted molar refractivity (Wildman–Crippen MR) is 67.2 cm³/mol. The minimum atomic E-state index is 0.510. The van der Waals surface area contributed by atoms with Gasteiger partial charge in [0.2, 0.25) is 0 Å². The molecule has 0 aromatic heterocycles. The van der Waals surface area contributed by atoms with E-state index in [0.29, 0.717) is 17.5 Å². The maximum atomic E-state index is 5.81. The van der Waals surface area contributed by atoms with Crippen molar-refractivity contribution in [3.05, 3.63) is 29.3 Å². The summed E-state index contributed by atoms with van der Waals surface area (Å²) in [6.07, 6.45) is 3.71. The van der Waals surface area contributed by atoms with Crippen molar-refractivity contribution in [2.45, 2.75) is 45.2 Å². The van der Waals surface area contributed by atoms with E-state index in [1.165, 1.54) is 30.4 Å². The van der Waals surface area contributed by atoms with Crippen LogP contribution in [0.2, 0.25) is 0 Å². The number of hydrogen-bond acceptors (Lipinski definition) is 2. The zero-order valence-electron chi connectivity index (χ0n) is 10.1. The van der Waals surface area contributed by atoms with Crippen molar-refractivity contribution in [1.82, 2.24) is 5.32 Å². The monoisotopic (exact) mass is 216 g/mol. The molecule has 0 bridgehead atoms. The minimum absolute atomic E-state index is 0.510. The van der Waals surface area contributed by atoms with Gasteiger partial charge in [0, 0.05) is 17.8 Å². The SMILES string of the molecule is CC1(C)CC1NC1CCc2cc(N)ccc21. The third kappa shape index (κ3) is 1.61. The van der Waals surface area contributed by atoms with E-state index in [2.05, 4.69) is 31.3 Å². The first-order valence-corrected chi connectivity index (χ1v) is 6.21. The zero-order chi connectivity index (χ0) is 11.3. The highest BCUT2D eigenvalue weighted by atomic mass is 15.0. The first-order valence-electron chi connectivity index (χ1n) is 6.21. The maximum Gasteiger partial charge on any atom is 0.0328 e. The second-order valence-corrected chi connectivity index (χ2v) is 5.96. The van der Waals surface area contributed by atoms with E-state index in [0.717, 1.165) is 5.69 Å². The first kappa shape index (κ1) is 10.2. The Morgan fingerprint density at radius 1 is 1.38 bits per heavy atom. The second-order valence-electron chi connectivity index (χ2n) is 5.96. The summed E-state index contributed by atoms with van der Waals surface area (Å²) in [6, 6.07) is 7.62. The Kier molecular flexibility index (Phi) is 2.05. The average molecular weight is 216 g/mol. The molecule has 2 aliphatic carbocycles. The lowest BCUT2D eigenvalue weighted by molar-refractivity contribution is 0.468. The lowest BCUT2D eigenvalue weighted by Crippen LogP contribution is -2.24. The normalized spacial score (nSPS) is 30.1. The van der Waals surface area contributed by atoms with Gasteiger partial charge in [-0.2, -0.15) is 0 Å². The Morgan fingerprint density at radius 2 is 2.12 bits per heavy atom. The molecule has 0 radical (unpaired) electrons. The molecule has 1 aromatic carbocycles. The molecule has 1 fully saturated rings. The van der Waals surface area contributed by atoms with Crippen LogP contribution in [-0.2, 0) is 6.42 Å². The van der Waals surface area contributed by atoms with Gasteiger partial charge in [0.1, 0.15) is 0 Å². The lowest BCUT2D eigenvalue weighted by atomic mass is 10.1. The molecular weight excluding hydrogens is 196 g/mol. The largest absolute Gasteiger partial charge is 0.399 e. The fourth-order valence-electron chi connectivity index (χ4n) is 2.81. The van der Waals surface area contributed by atoms with Crippen LogP contribution in [0.15, 0.2) is 18.2 Å². The molecule has 1 saturated carbocycles. The number of rotatable bonds is 2. The fourth-order valence-corrected chi connectivity index (χ4v) is 2.81. The molecule has 1 aromatic rings. The van der Waals surface area contributed by atoms with Crippen molar-refractivity contribution < 1.29 is 0 Å². The van der Waals surface area contributed by atoms with Crippen LogP contribution in [0.3, 0.4) is 0 Å². The Hall–Kier alpha value is -1.02. The Bertz CT molecular complexity index is 423. The van der Waals surface area contributed by atoms with E-state index in [9.17, 15) is 0 Å². The topological polar surface area (TPSA) is 38.0 Å². The Labute approximate surface area is 97.2 Å². The van der Waals surface area contributed by atoms with E-state index >= 15 is 0 Å². The van der Waals surface area contributed by atoms with Crippen LogP contribution in [0.25, 0.3) is 0 Å². The molecule has 2 atom stereocenters. The highest BCUT2D eigenvalue weighted by molar-refractivity contribution is 5.47. The number of anilines is 1. The number of nitrogens with one attached hydrogen (secondary N) is 1. The van der Waals surface area contributed by atoms with Gasteiger partial charge < -0.3 is 11.1 Å². The predicted octanol–water partition coefficient (Wildman–Crippen LogP) is 2.64. The van der Waals surface area contributed by atoms with Gasteiger partial charge in [0.15, 0.2) is 0 Å². The number of benzene rings is 1. The summed E-state index contributed by atoms with van der Waals surface area (Å²) in [4.78, 5) is 0. The fraction of sp³-hybridized carbons (Fsp3) is 0.571. The number of nitrogen functional groups attached to an aromatic ring is 1. The number of fused-ring (bicyclic) bond motifs is 1. The van der Waals surface area contributed by atoms with Crippen molar-refractivity contribution >= 4 is 5.69 Å². The van der Waals surface area contributed by atoms with E-state index in [1.807, 2.05) is 6.07 Å². The van der Waals surface area contributed by atoms with Crippen LogP contribution in [0.1, 0.15) is 43.9 Å². The van der Waals surface area contributed by atoms with Gasteiger partial charge in [-0.15, -0.1) is 0 Å². The second kappa shape index (κ2) is 3.24. The van der Waals surface area contributed by atoms with Crippen molar-refractivity contribution in [2.75, 3.05) is 5.73 Å². The molecule has 0 saturated heterocycles. The smallest absolute Gasteiger partial charge is 0.0328 e. The molecule has 0 heterocycles. The van der Waals surface area contributed by atoms with Gasteiger partial charge in [-0.3, -0.25) is 0 Å². The Morgan fingerprint density at radius 3 is 2.81 bits per heavy atom. The van der Waals surface area contributed by atoms with Crippen molar-refractivity contribution in [1.29, 1.82) is 0 Å². The molecule has 2 aliphatic rings. The summed E-state index contributed by atoms with van der Waals surface area (Å²) >= 11 is 0. The van der Waals surface area contributed by atoms with Crippen LogP contribution >= 0.6 is 0 Å². The van der Waals surface area contributed by atoms with E-state index in [4.69, 9.17) is 5.73 Å². The molecule has 0 amide bonds. The highest BCUT2D eigenvalue weighted by Crippen LogP contribution is 2.47. The molecule has 86 valence electrons. The molecule has 16 heavy (non-hydrogen) atoms. The number of aryl methyl sites for hydroxylation is 1. The van der Waals surface area contributed by atoms with Crippen molar-refractivity contribution in [3.63, 3.8) is 0 Å². The minimum Gasteiger partial charge on any atom is -0.399 e. The summed E-state index contributed by atoms with van der Waals surface area (Å²) in [6.45, 7) is 4.67. The van der Waals surface area contributed by atoms with Crippen LogP contribution in [-0.4, -0.2) is 6.04 Å². The molecular formula is C14H20N2. The molecule has 2 nitrogen and oxygen atoms in total. The van der Waals surface area contributed by atoms with Gasteiger partial charge in [0.05, 0.1) is 0 Å². The van der Waals surface area contributed by atoms with Crippen LogP contribution in [0.5, 0.6) is 0 Å². The number of hydrogen-bond donors (Lipinski definition) is 2. The highest BCUT2D eigenvalue weighted by Gasteiger charge is 2.46. The van der Waals surface area contributed by atoms with Gasteiger partial charge in [-0.05, 0) is 47.9 Å². The average Bonchev–Trinajstić information content (AvgIpc) is 2.65. The van der Waals surface area contributed by atoms with E-state index in [-0.39, 0.29) is 0 Å². The quantitative estimate of drug-likeness (QED) is 0.746. The molecule has 0 aliphatic heterocycles. The third-order valence-corrected chi connectivity index (χ3v) is 4.16. The maximum absolute atomic E-state index is 5.81. The summed E-state index contributed by atoms with van der Waals surface area (Å²) < 4.78 is 0. The van der Waals surface area contributed by atoms with Gasteiger partial charge >= 0.3 is 0 Å². The van der Waals surface area contributed by atoms with Crippen LogP contribution < -0.4 is 11.1 Å². The molecule has 2 unspecified atom stereocenters. The standard InChI is InChI=1S/C14H20N2/c1-14(2)8-13(14)16-12-6-3-9-7-10(15)4-5-11(9)12/h4-5,7,12-13,16H,3,6,8,15H2,1-2H3. The van der Waals surface area contributed by atoms with Gasteiger partial charge in [-0.1, -0.05) is 19.9 Å². The molecule has 0 spiro atoms. The zero-order valence-corrected chi connectivity index (χ0v) is 10.1. The molecule has 3 N–H and O–H groups in total. The summed E-state index contributed by atoms with van der Waals surface area (Å²) in [5, 5.41) is 3.78. The number of nitrogens with two attached hydrogens (primary N) is 1. The molecule has 3 rings (SSSR count). The Balaban J connectivity index is 1.77. The van der Waals surface area contributed by atoms with Crippen molar-refractivity contribution in [2.24, 2.45) is 5.41 Å². The van der Waals surface area contributed by atoms with Gasteiger partial charge in [0.25, 0.3) is 0 Å². The summed E-state index contributed by atoms with van der Waals surface area (Å²) in [5.41, 5.74) is 10.1. The van der Waals surface area contributed by atoms with Crippen molar-refractivity contribution in [3.8, 4) is 0 Å². The summed E-state index contributed by atoms with van der Waals surface area (Å²) in [5.74, 6) is 0. The van der Waals surface area contributed by atoms with E-state index in [1.54, 1.807) is 0 Å². The van der Waals surface area contributed by atoms with Crippen LogP contribution in [0, 0.1) is 5.41 Å². The lowest BCUT2D eigenvalue weighted by Gasteiger charge is -2.15.